The van der Waals surface area contributed by atoms with E-state index < -0.39 is 6.80 Å². The van der Waals surface area contributed by atoms with Crippen molar-refractivity contribution in [2.45, 2.75) is 30.6 Å². The molecule has 0 saturated carbocycles. The van der Waals surface area contributed by atoms with Gasteiger partial charge in [-0.05, 0) is 66.7 Å². The first-order chi connectivity index (χ1) is 12.3. The molecular weight excluding hydrogens is 430 g/mol. The second-order valence-electron chi connectivity index (χ2n) is 5.79. The predicted octanol–water partition coefficient (Wildman–Crippen LogP) is 8.06. The molecule has 0 aliphatic rings. The first-order valence-corrected chi connectivity index (χ1v) is 12.8. The van der Waals surface area contributed by atoms with Crippen LogP contribution >= 0.6 is 53.1 Å². The summed E-state index contributed by atoms with van der Waals surface area (Å²) < 4.78 is 24.0. The van der Waals surface area contributed by atoms with Crippen molar-refractivity contribution < 1.29 is 13.6 Å². The summed E-state index contributed by atoms with van der Waals surface area (Å²) in [5.74, 6) is 1.42. The normalized spacial score (nSPS) is 13.6. The van der Waals surface area contributed by atoms with E-state index in [1.54, 1.807) is 30.8 Å². The Hall–Kier alpha value is -0.290. The molecule has 0 bridgehead atoms. The Balaban J connectivity index is 2.12. The zero-order valence-electron chi connectivity index (χ0n) is 14.8. The van der Waals surface area contributed by atoms with Crippen LogP contribution in [0.3, 0.4) is 0 Å². The molecule has 0 amide bonds. The van der Waals surface area contributed by atoms with Crippen LogP contribution in [0.2, 0.25) is 10.0 Å². The zero-order valence-corrected chi connectivity index (χ0v) is 18.8. The molecule has 0 spiro atoms. The van der Waals surface area contributed by atoms with Gasteiger partial charge in [-0.1, -0.05) is 48.8 Å². The largest absolute Gasteiger partial charge is 0.440 e. The summed E-state index contributed by atoms with van der Waals surface area (Å²) in [7, 11) is 0. The fourth-order valence-corrected chi connectivity index (χ4v) is 6.95. The molecule has 2 aromatic rings. The van der Waals surface area contributed by atoms with E-state index >= 15 is 0 Å². The van der Waals surface area contributed by atoms with E-state index in [-0.39, 0.29) is 0 Å². The Kier molecular flexibility index (Phi) is 8.72. The van der Waals surface area contributed by atoms with Crippen LogP contribution in [0, 0.1) is 5.92 Å². The molecule has 0 heterocycles. The molecule has 8 heteroatoms. The van der Waals surface area contributed by atoms with E-state index in [4.69, 9.17) is 32.2 Å². The van der Waals surface area contributed by atoms with Gasteiger partial charge in [-0.25, -0.2) is 4.57 Å². The molecule has 0 saturated heterocycles. The number of halogens is 2. The number of hydrogen-bond donors (Lipinski definition) is 0. The van der Waals surface area contributed by atoms with Gasteiger partial charge >= 0.3 is 6.80 Å². The number of benzene rings is 2. The molecule has 1 atom stereocenters. The average Bonchev–Trinajstić information content (AvgIpc) is 2.58. The maximum atomic E-state index is 12.9. The highest BCUT2D eigenvalue weighted by atomic mass is 35.5. The second-order valence-corrected chi connectivity index (χ2v) is 11.8. The molecule has 0 N–H and O–H groups in total. The van der Waals surface area contributed by atoms with E-state index in [0.717, 1.165) is 9.79 Å². The average molecular weight is 451 g/mol. The van der Waals surface area contributed by atoms with Gasteiger partial charge in [0.2, 0.25) is 0 Å². The minimum Gasteiger partial charge on any atom is -0.415 e. The van der Waals surface area contributed by atoms with Crippen LogP contribution in [-0.2, 0) is 9.09 Å². The molecule has 1 unspecified atom stereocenters. The minimum atomic E-state index is -3.30. The molecule has 2 rings (SSSR count). The Morgan fingerprint density at radius 2 is 1.73 bits per heavy atom. The third-order valence-corrected chi connectivity index (χ3v) is 8.62. The third-order valence-electron chi connectivity index (χ3n) is 3.02. The van der Waals surface area contributed by atoms with Crippen molar-refractivity contribution in [2.24, 2.45) is 5.92 Å². The van der Waals surface area contributed by atoms with Gasteiger partial charge in [-0.3, -0.25) is 4.52 Å². The smallest absolute Gasteiger partial charge is 0.415 e. The standard InChI is InChI=1S/C18H21Cl2O3PS2/c1-4-22-24(21,25-12-13(2)3)23-18-10-9-16(11-17(18)20)26-15-7-5-14(19)6-8-15/h5-11,13H,4,12H2,1-3H3. The van der Waals surface area contributed by atoms with Crippen molar-refractivity contribution in [3.05, 3.63) is 52.5 Å². The maximum absolute atomic E-state index is 12.9. The monoisotopic (exact) mass is 450 g/mol. The van der Waals surface area contributed by atoms with Crippen molar-refractivity contribution in [3.8, 4) is 5.75 Å². The fraction of sp³-hybridized carbons (Fsp3) is 0.333. The molecule has 0 aliphatic heterocycles. The molecule has 0 aliphatic carbocycles. The summed E-state index contributed by atoms with van der Waals surface area (Å²) >= 11 is 15.0. The second kappa shape index (κ2) is 10.3. The van der Waals surface area contributed by atoms with E-state index in [1.807, 2.05) is 30.3 Å². The molecule has 142 valence electrons. The van der Waals surface area contributed by atoms with Gasteiger partial charge in [0.15, 0.2) is 0 Å². The lowest BCUT2D eigenvalue weighted by Crippen LogP contribution is -1.99. The molecule has 0 radical (unpaired) electrons. The molecular formula is C18H21Cl2O3PS2. The molecule has 0 fully saturated rings. The molecule has 26 heavy (non-hydrogen) atoms. The number of rotatable bonds is 9. The van der Waals surface area contributed by atoms with Crippen LogP contribution in [0.4, 0.5) is 0 Å². The quantitative estimate of drug-likeness (QED) is 0.361. The lowest BCUT2D eigenvalue weighted by atomic mass is 10.3. The van der Waals surface area contributed by atoms with Crippen LogP contribution in [0.25, 0.3) is 0 Å². The van der Waals surface area contributed by atoms with Gasteiger partial charge in [-0.2, -0.15) is 0 Å². The van der Waals surface area contributed by atoms with Crippen molar-refractivity contribution in [2.75, 3.05) is 12.4 Å². The van der Waals surface area contributed by atoms with Crippen LogP contribution in [0.5, 0.6) is 5.75 Å². The number of hydrogen-bond acceptors (Lipinski definition) is 5. The highest BCUT2D eigenvalue weighted by molar-refractivity contribution is 8.55. The van der Waals surface area contributed by atoms with Crippen LogP contribution in [0.1, 0.15) is 20.8 Å². The highest BCUT2D eigenvalue weighted by Crippen LogP contribution is 2.61. The Morgan fingerprint density at radius 3 is 2.31 bits per heavy atom. The molecule has 2 aromatic carbocycles. The van der Waals surface area contributed by atoms with Gasteiger partial charge < -0.3 is 4.52 Å². The lowest BCUT2D eigenvalue weighted by molar-refractivity contribution is 0.296. The van der Waals surface area contributed by atoms with Gasteiger partial charge in [0, 0.05) is 20.6 Å². The lowest BCUT2D eigenvalue weighted by Gasteiger charge is -2.19. The van der Waals surface area contributed by atoms with E-state index in [2.05, 4.69) is 13.8 Å². The summed E-state index contributed by atoms with van der Waals surface area (Å²) in [6, 6.07) is 13.0. The zero-order chi connectivity index (χ0) is 19.2. The Morgan fingerprint density at radius 1 is 1.08 bits per heavy atom. The van der Waals surface area contributed by atoms with Crippen LogP contribution in [-0.4, -0.2) is 12.4 Å². The van der Waals surface area contributed by atoms with Gasteiger partial charge in [0.1, 0.15) is 5.75 Å². The fourth-order valence-electron chi connectivity index (χ4n) is 1.87. The topological polar surface area (TPSA) is 35.5 Å². The molecule has 0 aromatic heterocycles. The van der Waals surface area contributed by atoms with Gasteiger partial charge in [0.05, 0.1) is 11.6 Å². The van der Waals surface area contributed by atoms with Crippen LogP contribution < -0.4 is 4.52 Å². The minimum absolute atomic E-state index is 0.310. The van der Waals surface area contributed by atoms with Crippen molar-refractivity contribution in [1.82, 2.24) is 0 Å². The predicted molar refractivity (Wildman–Crippen MR) is 114 cm³/mol. The molecule has 3 nitrogen and oxygen atoms in total. The van der Waals surface area contributed by atoms with E-state index in [0.29, 0.717) is 34.1 Å². The first-order valence-electron chi connectivity index (χ1n) is 8.13. The summed E-state index contributed by atoms with van der Waals surface area (Å²) in [5, 5.41) is 1.09. The Bertz CT molecular complexity index is 770. The summed E-state index contributed by atoms with van der Waals surface area (Å²) in [6.45, 7) is 2.91. The van der Waals surface area contributed by atoms with Gasteiger partial charge in [-0.15, -0.1) is 0 Å². The summed E-state index contributed by atoms with van der Waals surface area (Å²) in [5.41, 5.74) is 0. The van der Waals surface area contributed by atoms with Gasteiger partial charge in [0.25, 0.3) is 0 Å². The van der Waals surface area contributed by atoms with Crippen LogP contribution in [0.15, 0.2) is 52.3 Å². The first kappa shape index (κ1) is 22.0. The summed E-state index contributed by atoms with van der Waals surface area (Å²) in [4.78, 5) is 2.00. The highest BCUT2D eigenvalue weighted by Gasteiger charge is 2.28. The van der Waals surface area contributed by atoms with Crippen molar-refractivity contribution in [1.29, 1.82) is 0 Å². The third kappa shape index (κ3) is 7.03. The Labute approximate surface area is 173 Å². The van der Waals surface area contributed by atoms with Crippen molar-refractivity contribution >= 4 is 53.1 Å². The maximum Gasteiger partial charge on any atom is 0.440 e. The summed E-state index contributed by atoms with van der Waals surface area (Å²) in [6.07, 6.45) is 0. The SMILES string of the molecule is CCOP(=O)(Oc1ccc(Sc2ccc(Cl)cc2)cc1Cl)SCC(C)C. The van der Waals surface area contributed by atoms with E-state index in [1.165, 1.54) is 11.4 Å². The van der Waals surface area contributed by atoms with Crippen molar-refractivity contribution in [3.63, 3.8) is 0 Å². The van der Waals surface area contributed by atoms with E-state index in [9.17, 15) is 4.57 Å².